The number of carbonyl (C=O) groups is 2. The van der Waals surface area contributed by atoms with Crippen LogP contribution in [0.4, 0.5) is 8.78 Å². The van der Waals surface area contributed by atoms with E-state index in [1.165, 1.54) is 6.07 Å². The minimum atomic E-state index is -0.706. The Balaban J connectivity index is 2.49. The lowest BCUT2D eigenvalue weighted by atomic mass is 10.1. The molecule has 0 aliphatic rings. The number of hydrogen-bond donors (Lipinski definition) is 1. The third-order valence-electron chi connectivity index (χ3n) is 2.01. The first-order chi connectivity index (χ1) is 7.50. The minimum absolute atomic E-state index is 0.140. The Morgan fingerprint density at radius 1 is 1.31 bits per heavy atom. The molecule has 0 aromatic heterocycles. The number of ketones is 1. The Kier molecular flexibility index (Phi) is 4.10. The molecule has 0 spiro atoms. The summed E-state index contributed by atoms with van der Waals surface area (Å²) in [6, 6.07) is 3.23. The maximum Gasteiger partial charge on any atom is 0.287 e. The molecule has 1 rings (SSSR count). The smallest absolute Gasteiger partial charge is 0.287 e. The molecule has 5 heteroatoms. The van der Waals surface area contributed by atoms with Crippen LogP contribution in [0.3, 0.4) is 0 Å². The van der Waals surface area contributed by atoms with Crippen molar-refractivity contribution in [2.45, 2.75) is 13.3 Å². The van der Waals surface area contributed by atoms with Gasteiger partial charge in [-0.15, -0.1) is 0 Å². The van der Waals surface area contributed by atoms with Gasteiger partial charge in [0.2, 0.25) is 5.78 Å². The lowest BCUT2D eigenvalue weighted by Gasteiger charge is -2.04. The molecule has 1 aromatic carbocycles. The maximum absolute atomic E-state index is 13.1. The lowest BCUT2D eigenvalue weighted by Crippen LogP contribution is -2.30. The highest BCUT2D eigenvalue weighted by Crippen LogP contribution is 2.09. The zero-order valence-corrected chi connectivity index (χ0v) is 8.72. The zero-order valence-electron chi connectivity index (χ0n) is 8.72. The van der Waals surface area contributed by atoms with Crippen molar-refractivity contribution in [1.29, 1.82) is 0 Å². The Morgan fingerprint density at radius 2 is 2.00 bits per heavy atom. The Hall–Kier alpha value is -1.78. The van der Waals surface area contributed by atoms with E-state index in [1.54, 1.807) is 0 Å². The van der Waals surface area contributed by atoms with Crippen LogP contribution in [0.25, 0.3) is 0 Å². The summed E-state index contributed by atoms with van der Waals surface area (Å²) in [6.45, 7) is 1.29. The number of Topliss-reactive ketones (excluding diaryl/α,β-unsaturated/α-hetero) is 1. The van der Waals surface area contributed by atoms with Gasteiger partial charge >= 0.3 is 0 Å². The quantitative estimate of drug-likeness (QED) is 0.786. The van der Waals surface area contributed by atoms with Crippen molar-refractivity contribution in [3.05, 3.63) is 35.4 Å². The molecule has 0 bridgehead atoms. The van der Waals surface area contributed by atoms with Crippen molar-refractivity contribution in [3.63, 3.8) is 0 Å². The molecule has 0 radical (unpaired) electrons. The highest BCUT2D eigenvalue weighted by molar-refractivity contribution is 6.35. The lowest BCUT2D eigenvalue weighted by molar-refractivity contribution is -0.136. The third-order valence-corrected chi connectivity index (χ3v) is 2.01. The molecule has 1 amide bonds. The number of amides is 1. The van der Waals surface area contributed by atoms with Gasteiger partial charge < -0.3 is 5.32 Å². The molecular formula is C11H11F2NO2. The third kappa shape index (κ3) is 3.42. The average molecular weight is 227 g/mol. The summed E-state index contributed by atoms with van der Waals surface area (Å²) in [4.78, 5) is 21.4. The zero-order chi connectivity index (χ0) is 12.1. The van der Waals surface area contributed by atoms with Crippen molar-refractivity contribution >= 4 is 11.7 Å². The summed E-state index contributed by atoms with van der Waals surface area (Å²) in [6.07, 6.45) is 0.213. The van der Waals surface area contributed by atoms with Gasteiger partial charge in [0.05, 0.1) is 0 Å². The summed E-state index contributed by atoms with van der Waals surface area (Å²) in [5.41, 5.74) is 0.297. The molecule has 0 heterocycles. The first kappa shape index (κ1) is 12.3. The van der Waals surface area contributed by atoms with Crippen LogP contribution in [0.15, 0.2) is 18.2 Å². The fourth-order valence-electron chi connectivity index (χ4n) is 1.16. The fourth-order valence-corrected chi connectivity index (χ4v) is 1.16. The van der Waals surface area contributed by atoms with Crippen molar-refractivity contribution in [2.75, 3.05) is 6.54 Å². The van der Waals surface area contributed by atoms with Gasteiger partial charge in [-0.25, -0.2) is 8.78 Å². The molecule has 1 aromatic rings. The van der Waals surface area contributed by atoms with Crippen LogP contribution >= 0.6 is 0 Å². The summed E-state index contributed by atoms with van der Waals surface area (Å²) in [5.74, 6) is -2.60. The predicted molar refractivity (Wildman–Crippen MR) is 53.8 cm³/mol. The normalized spacial score (nSPS) is 9.94. The molecule has 0 aliphatic carbocycles. The van der Waals surface area contributed by atoms with Gasteiger partial charge in [0.15, 0.2) is 0 Å². The predicted octanol–water partition coefficient (Wildman–Crippen LogP) is 1.21. The van der Waals surface area contributed by atoms with Gasteiger partial charge in [0.25, 0.3) is 5.91 Å². The molecule has 0 saturated heterocycles. The largest absolute Gasteiger partial charge is 0.349 e. The molecular weight excluding hydrogens is 216 g/mol. The van der Waals surface area contributed by atoms with Gasteiger partial charge in [-0.1, -0.05) is 6.07 Å². The van der Waals surface area contributed by atoms with Crippen molar-refractivity contribution in [1.82, 2.24) is 5.32 Å². The first-order valence-electron chi connectivity index (χ1n) is 4.73. The molecule has 0 atom stereocenters. The standard InChI is InChI=1S/C11H11F2NO2/c1-7(15)11(16)14-5-4-8-2-3-9(12)6-10(8)13/h2-3,6H,4-5H2,1H3,(H,14,16). The van der Waals surface area contributed by atoms with Crippen LogP contribution in [0.2, 0.25) is 0 Å². The monoisotopic (exact) mass is 227 g/mol. The van der Waals surface area contributed by atoms with Crippen LogP contribution in [0.5, 0.6) is 0 Å². The second-order valence-electron chi connectivity index (χ2n) is 3.30. The van der Waals surface area contributed by atoms with Crippen LogP contribution < -0.4 is 5.32 Å². The number of halogens is 2. The van der Waals surface area contributed by atoms with Crippen molar-refractivity contribution < 1.29 is 18.4 Å². The number of nitrogens with one attached hydrogen (secondary N) is 1. The van der Waals surface area contributed by atoms with Crippen LogP contribution in [-0.2, 0) is 16.0 Å². The molecule has 3 nitrogen and oxygen atoms in total. The Labute approximate surface area is 91.5 Å². The second-order valence-corrected chi connectivity index (χ2v) is 3.30. The molecule has 0 aliphatic heterocycles. The molecule has 16 heavy (non-hydrogen) atoms. The number of hydrogen-bond acceptors (Lipinski definition) is 2. The van der Waals surface area contributed by atoms with E-state index in [0.29, 0.717) is 5.56 Å². The first-order valence-corrected chi connectivity index (χ1v) is 4.73. The Morgan fingerprint density at radius 3 is 2.56 bits per heavy atom. The topological polar surface area (TPSA) is 46.2 Å². The highest BCUT2D eigenvalue weighted by atomic mass is 19.1. The van der Waals surface area contributed by atoms with Gasteiger partial charge in [-0.2, -0.15) is 0 Å². The SMILES string of the molecule is CC(=O)C(=O)NCCc1ccc(F)cc1F. The van der Waals surface area contributed by atoms with Gasteiger partial charge in [0, 0.05) is 19.5 Å². The summed E-state index contributed by atoms with van der Waals surface area (Å²) >= 11 is 0. The molecule has 86 valence electrons. The molecule has 0 fully saturated rings. The van der Waals surface area contributed by atoms with E-state index in [2.05, 4.69) is 5.32 Å². The number of benzene rings is 1. The van der Waals surface area contributed by atoms with E-state index in [0.717, 1.165) is 19.1 Å². The fraction of sp³-hybridized carbons (Fsp3) is 0.273. The van der Waals surface area contributed by atoms with Crippen LogP contribution in [0, 0.1) is 11.6 Å². The number of carbonyl (C=O) groups excluding carboxylic acids is 2. The van der Waals surface area contributed by atoms with E-state index in [9.17, 15) is 18.4 Å². The molecule has 0 unspecified atom stereocenters. The Bertz CT molecular complexity index is 418. The van der Waals surface area contributed by atoms with Crippen molar-refractivity contribution in [2.24, 2.45) is 0 Å². The van der Waals surface area contributed by atoms with E-state index in [4.69, 9.17) is 0 Å². The maximum atomic E-state index is 13.1. The second kappa shape index (κ2) is 5.34. The molecule has 1 N–H and O–H groups in total. The van der Waals surface area contributed by atoms with Gasteiger partial charge in [-0.05, 0) is 18.1 Å². The van der Waals surface area contributed by atoms with Gasteiger partial charge in [-0.3, -0.25) is 9.59 Å². The minimum Gasteiger partial charge on any atom is -0.349 e. The average Bonchev–Trinajstić information content (AvgIpc) is 2.20. The van der Waals surface area contributed by atoms with Crippen molar-refractivity contribution in [3.8, 4) is 0 Å². The molecule has 0 saturated carbocycles. The van der Waals surface area contributed by atoms with Gasteiger partial charge in [0.1, 0.15) is 11.6 Å². The summed E-state index contributed by atoms with van der Waals surface area (Å²) in [7, 11) is 0. The van der Waals surface area contributed by atoms with E-state index < -0.39 is 23.3 Å². The van der Waals surface area contributed by atoms with Crippen LogP contribution in [-0.4, -0.2) is 18.2 Å². The van der Waals surface area contributed by atoms with E-state index in [1.807, 2.05) is 0 Å². The summed E-state index contributed by atoms with van der Waals surface area (Å²) < 4.78 is 25.7. The van der Waals surface area contributed by atoms with Crippen LogP contribution in [0.1, 0.15) is 12.5 Å². The summed E-state index contributed by atoms with van der Waals surface area (Å²) in [5, 5.41) is 2.32. The highest BCUT2D eigenvalue weighted by Gasteiger charge is 2.07. The number of rotatable bonds is 4. The van der Waals surface area contributed by atoms with E-state index >= 15 is 0 Å². The van der Waals surface area contributed by atoms with E-state index in [-0.39, 0.29) is 13.0 Å².